The second-order valence-electron chi connectivity index (χ2n) is 7.32. The van der Waals surface area contributed by atoms with E-state index in [1.807, 2.05) is 32.3 Å². The molecule has 0 aliphatic rings. The van der Waals surface area contributed by atoms with Gasteiger partial charge in [-0.25, -0.2) is 4.98 Å². The van der Waals surface area contributed by atoms with Crippen molar-refractivity contribution in [2.45, 2.75) is 46.5 Å². The molecular formula is C22H26BrN5O. The number of hydrogen-bond acceptors (Lipinski definition) is 5. The summed E-state index contributed by atoms with van der Waals surface area (Å²) in [5.41, 5.74) is 6.01. The fourth-order valence-corrected chi connectivity index (χ4v) is 3.65. The Morgan fingerprint density at radius 3 is 2.48 bits per heavy atom. The maximum atomic E-state index is 12.4. The van der Waals surface area contributed by atoms with Crippen molar-refractivity contribution in [2.24, 2.45) is 0 Å². The van der Waals surface area contributed by atoms with Crippen LogP contribution in [-0.4, -0.2) is 26.5 Å². The molecule has 29 heavy (non-hydrogen) atoms. The molecule has 0 saturated heterocycles. The van der Waals surface area contributed by atoms with Gasteiger partial charge >= 0.3 is 0 Å². The molecule has 0 saturated carbocycles. The van der Waals surface area contributed by atoms with Crippen LogP contribution in [0.15, 0.2) is 40.0 Å². The van der Waals surface area contributed by atoms with Crippen LogP contribution in [0.5, 0.6) is 0 Å². The summed E-state index contributed by atoms with van der Waals surface area (Å²) in [7, 11) is 0. The Balaban J connectivity index is 1.49. The number of anilines is 1. The second-order valence-corrected chi connectivity index (χ2v) is 8.23. The number of nitrogens with zero attached hydrogens (tertiary/aromatic N) is 3. The predicted molar refractivity (Wildman–Crippen MR) is 119 cm³/mol. The maximum absolute atomic E-state index is 12.4. The molecule has 0 aliphatic carbocycles. The van der Waals surface area contributed by atoms with Crippen molar-refractivity contribution < 1.29 is 0 Å². The van der Waals surface area contributed by atoms with Crippen molar-refractivity contribution in [3.63, 3.8) is 0 Å². The van der Waals surface area contributed by atoms with E-state index in [1.165, 1.54) is 5.56 Å². The molecule has 0 atom stereocenters. The molecule has 3 heterocycles. The van der Waals surface area contributed by atoms with E-state index in [0.29, 0.717) is 17.9 Å². The summed E-state index contributed by atoms with van der Waals surface area (Å²) in [5, 5.41) is 3.20. The van der Waals surface area contributed by atoms with Gasteiger partial charge in [0.2, 0.25) is 5.95 Å². The lowest BCUT2D eigenvalue weighted by Gasteiger charge is -2.08. The van der Waals surface area contributed by atoms with Crippen LogP contribution in [0.1, 0.15) is 46.5 Å². The van der Waals surface area contributed by atoms with Gasteiger partial charge in [0.1, 0.15) is 0 Å². The molecule has 6 nitrogen and oxygen atoms in total. The Morgan fingerprint density at radius 2 is 1.76 bits per heavy atom. The van der Waals surface area contributed by atoms with Crippen molar-refractivity contribution in [1.29, 1.82) is 0 Å². The molecule has 3 aromatic rings. The highest BCUT2D eigenvalue weighted by Crippen LogP contribution is 2.15. The fraction of sp³-hybridized carbons (Fsp3) is 0.364. The van der Waals surface area contributed by atoms with Gasteiger partial charge in [-0.1, -0.05) is 0 Å². The van der Waals surface area contributed by atoms with Gasteiger partial charge in [-0.15, -0.1) is 0 Å². The van der Waals surface area contributed by atoms with E-state index >= 15 is 0 Å². The van der Waals surface area contributed by atoms with Gasteiger partial charge in [-0.3, -0.25) is 19.7 Å². The first-order chi connectivity index (χ1) is 13.9. The van der Waals surface area contributed by atoms with E-state index in [-0.39, 0.29) is 5.56 Å². The highest BCUT2D eigenvalue weighted by atomic mass is 79.9. The zero-order valence-corrected chi connectivity index (χ0v) is 18.6. The van der Waals surface area contributed by atoms with Crippen molar-refractivity contribution in [2.75, 3.05) is 11.9 Å². The third kappa shape index (κ3) is 5.97. The molecule has 2 N–H and O–H groups in total. The van der Waals surface area contributed by atoms with Gasteiger partial charge in [0.25, 0.3) is 5.56 Å². The molecule has 3 rings (SSSR count). The summed E-state index contributed by atoms with van der Waals surface area (Å²) in [6.45, 7) is 6.82. The minimum Gasteiger partial charge on any atom is -0.356 e. The molecule has 7 heteroatoms. The smallest absolute Gasteiger partial charge is 0.255 e. The van der Waals surface area contributed by atoms with Crippen molar-refractivity contribution in [3.8, 4) is 0 Å². The molecule has 3 aromatic heterocycles. The minimum absolute atomic E-state index is 0.114. The van der Waals surface area contributed by atoms with Gasteiger partial charge in [-0.2, -0.15) is 0 Å². The summed E-state index contributed by atoms with van der Waals surface area (Å²) in [6, 6.07) is 4.11. The van der Waals surface area contributed by atoms with Crippen LogP contribution < -0.4 is 10.9 Å². The van der Waals surface area contributed by atoms with Crippen LogP contribution in [0.3, 0.4) is 0 Å². The molecule has 0 fully saturated rings. The standard InChI is InChI=1S/C22H26BrN5O/c1-14-8-16(3)25-11-17(14)10-18-12-27-22(28-21(18)29)24-7-5-4-6-20-15(2)9-19(23)13-26-20/h8-9,11-13H,4-7,10H2,1-3H3,(H2,24,27,28,29). The van der Waals surface area contributed by atoms with Crippen LogP contribution in [-0.2, 0) is 12.8 Å². The number of unbranched alkanes of at least 4 members (excludes halogenated alkanes) is 1. The van der Waals surface area contributed by atoms with Crippen molar-refractivity contribution in [1.82, 2.24) is 19.9 Å². The number of aryl methyl sites for hydroxylation is 4. The van der Waals surface area contributed by atoms with Gasteiger partial charge < -0.3 is 5.32 Å². The minimum atomic E-state index is -0.114. The lowest BCUT2D eigenvalue weighted by Crippen LogP contribution is -2.18. The Kier molecular flexibility index (Phi) is 7.14. The van der Waals surface area contributed by atoms with Gasteiger partial charge in [-0.05, 0) is 84.8 Å². The van der Waals surface area contributed by atoms with E-state index in [4.69, 9.17) is 0 Å². The molecule has 0 aromatic carbocycles. The molecule has 0 amide bonds. The predicted octanol–water partition coefficient (Wildman–Crippen LogP) is 4.27. The Hall–Kier alpha value is -2.54. The van der Waals surface area contributed by atoms with Crippen LogP contribution in [0.2, 0.25) is 0 Å². The van der Waals surface area contributed by atoms with E-state index in [1.54, 1.807) is 6.20 Å². The zero-order chi connectivity index (χ0) is 20.8. The van der Waals surface area contributed by atoms with Gasteiger partial charge in [0.15, 0.2) is 0 Å². The van der Waals surface area contributed by atoms with Crippen LogP contribution in [0.4, 0.5) is 5.95 Å². The van der Waals surface area contributed by atoms with Gasteiger partial charge in [0.05, 0.1) is 0 Å². The summed E-state index contributed by atoms with van der Waals surface area (Å²) in [4.78, 5) is 28.4. The number of nitrogens with one attached hydrogen (secondary N) is 2. The maximum Gasteiger partial charge on any atom is 0.255 e. The van der Waals surface area contributed by atoms with Crippen molar-refractivity contribution >= 4 is 21.9 Å². The average molecular weight is 456 g/mol. The van der Waals surface area contributed by atoms with Gasteiger partial charge in [0, 0.05) is 53.0 Å². The van der Waals surface area contributed by atoms with Crippen LogP contribution in [0.25, 0.3) is 0 Å². The number of halogens is 1. The number of H-pyrrole nitrogens is 1. The fourth-order valence-electron chi connectivity index (χ4n) is 3.21. The lowest BCUT2D eigenvalue weighted by molar-refractivity contribution is 0.741. The molecule has 152 valence electrons. The van der Waals surface area contributed by atoms with E-state index in [0.717, 1.165) is 52.8 Å². The largest absolute Gasteiger partial charge is 0.356 e. The van der Waals surface area contributed by atoms with Crippen molar-refractivity contribution in [3.05, 3.63) is 79.2 Å². The SMILES string of the molecule is Cc1cc(C)c(Cc2cnc(NCCCCc3ncc(Br)cc3C)[nH]c2=O)cn1. The summed E-state index contributed by atoms with van der Waals surface area (Å²) in [5.74, 6) is 0.510. The van der Waals surface area contributed by atoms with Crippen LogP contribution in [0, 0.1) is 20.8 Å². The highest BCUT2D eigenvalue weighted by molar-refractivity contribution is 9.10. The topological polar surface area (TPSA) is 83.6 Å². The molecule has 0 unspecified atom stereocenters. The highest BCUT2D eigenvalue weighted by Gasteiger charge is 2.07. The Bertz CT molecular complexity index is 1050. The normalized spacial score (nSPS) is 10.9. The summed E-state index contributed by atoms with van der Waals surface area (Å²) < 4.78 is 1.01. The molecule has 0 spiro atoms. The number of aromatic nitrogens is 4. The lowest BCUT2D eigenvalue weighted by atomic mass is 10.0. The number of pyridine rings is 2. The van der Waals surface area contributed by atoms with E-state index in [2.05, 4.69) is 54.2 Å². The quantitative estimate of drug-likeness (QED) is 0.495. The average Bonchev–Trinajstić information content (AvgIpc) is 2.67. The first kappa shape index (κ1) is 21.2. The second kappa shape index (κ2) is 9.78. The Morgan fingerprint density at radius 1 is 0.966 bits per heavy atom. The number of rotatable bonds is 8. The monoisotopic (exact) mass is 455 g/mol. The molecule has 0 radical (unpaired) electrons. The van der Waals surface area contributed by atoms with Crippen LogP contribution >= 0.6 is 15.9 Å². The molecule has 0 aliphatic heterocycles. The zero-order valence-electron chi connectivity index (χ0n) is 17.1. The Labute approximate surface area is 179 Å². The first-order valence-corrected chi connectivity index (χ1v) is 10.6. The van der Waals surface area contributed by atoms with E-state index in [9.17, 15) is 4.79 Å². The molecule has 0 bridgehead atoms. The summed E-state index contributed by atoms with van der Waals surface area (Å²) in [6.07, 6.45) is 8.77. The molecular weight excluding hydrogens is 430 g/mol. The number of hydrogen-bond donors (Lipinski definition) is 2. The third-order valence-corrected chi connectivity index (χ3v) is 5.33. The first-order valence-electron chi connectivity index (χ1n) is 9.77. The number of aromatic amines is 1. The van der Waals surface area contributed by atoms with E-state index < -0.39 is 0 Å². The third-order valence-electron chi connectivity index (χ3n) is 4.90. The summed E-state index contributed by atoms with van der Waals surface area (Å²) >= 11 is 3.44.